The van der Waals surface area contributed by atoms with Crippen LogP contribution < -0.4 is 0 Å². The number of phosphoric ester groups is 1. The summed E-state index contributed by atoms with van der Waals surface area (Å²) in [5.41, 5.74) is 0. The zero-order chi connectivity index (χ0) is 51.1. The summed E-state index contributed by atoms with van der Waals surface area (Å²) in [6.07, 6.45) is 32.5. The highest BCUT2D eigenvalue weighted by molar-refractivity contribution is 7.47. The third-order valence-corrected chi connectivity index (χ3v) is 10.3. The number of nitrogens with zero attached hydrogens (tertiary/aromatic N) is 1. The quantitative estimate of drug-likeness (QED) is 0.0281. The Morgan fingerprint density at radius 3 is 1.28 bits per heavy atom. The Kier molecular flexibility index (Phi) is 23.6. The fourth-order valence-electron chi connectivity index (χ4n) is 6.25. The van der Waals surface area contributed by atoms with Gasteiger partial charge >= 0.3 is 19.8 Å². The molecule has 0 fully saturated rings. The highest BCUT2D eigenvalue weighted by Crippen LogP contribution is 2.43. The van der Waals surface area contributed by atoms with E-state index in [9.17, 15) is 19.0 Å². The molecule has 322 valence electrons. The zero-order valence-corrected chi connectivity index (χ0v) is 35.2. The summed E-state index contributed by atoms with van der Waals surface area (Å²) in [7, 11) is -5.89. The van der Waals surface area contributed by atoms with E-state index in [1.807, 2.05) is 0 Å². The largest absolute Gasteiger partial charge is 0.472 e. The Morgan fingerprint density at radius 2 is 0.907 bits per heavy atom. The van der Waals surface area contributed by atoms with E-state index in [-0.39, 0.29) is 12.8 Å². The van der Waals surface area contributed by atoms with Crippen LogP contribution in [0.2, 0.25) is 0 Å². The molecule has 1 unspecified atom stereocenters. The minimum absolute atomic E-state index is 0.0444. The third kappa shape index (κ3) is 40.7. The maximum Gasteiger partial charge on any atom is 0.472 e. The molecule has 0 rings (SSSR count). The normalized spacial score (nSPS) is 18.3. The van der Waals surface area contributed by atoms with Gasteiger partial charge in [-0.3, -0.25) is 18.6 Å². The molecule has 0 aromatic carbocycles. The van der Waals surface area contributed by atoms with E-state index in [0.29, 0.717) is 12.8 Å². The van der Waals surface area contributed by atoms with Gasteiger partial charge in [-0.25, -0.2) is 4.57 Å². The Hall–Kier alpha value is -0.990. The minimum atomic E-state index is -5.89. The van der Waals surface area contributed by atoms with Gasteiger partial charge in [0.1, 0.15) is 19.7 Å². The van der Waals surface area contributed by atoms with Gasteiger partial charge in [-0.15, -0.1) is 0 Å². The molecule has 0 saturated heterocycles. The maximum atomic E-state index is 13.1. The number of phosphoric acid groups is 1. The van der Waals surface area contributed by atoms with E-state index in [1.54, 1.807) is 0 Å². The number of likely N-dealkylation sites (N-methyl/N-ethyl adjacent to an activating group) is 1. The van der Waals surface area contributed by atoms with E-state index in [0.717, 1.165) is 57.8 Å². The van der Waals surface area contributed by atoms with Crippen LogP contribution in [0.5, 0.6) is 0 Å². The molecule has 54 heavy (non-hydrogen) atoms. The lowest BCUT2D eigenvalue weighted by Crippen LogP contribution is -2.37. The van der Waals surface area contributed by atoms with Crippen molar-refractivity contribution in [1.82, 2.24) is 0 Å². The molecule has 0 amide bonds. The molecule has 9 nitrogen and oxygen atoms in total. The van der Waals surface area contributed by atoms with Crippen LogP contribution in [-0.2, 0) is 32.7 Å². The monoisotopic (exact) mass is 804 g/mol. The van der Waals surface area contributed by atoms with E-state index in [2.05, 4.69) is 18.4 Å². The smallest absolute Gasteiger partial charge is 0.462 e. The minimum Gasteiger partial charge on any atom is -0.462 e. The Labute approximate surface area is 352 Å². The predicted molar refractivity (Wildman–Crippen MR) is 225 cm³/mol. The number of esters is 2. The second-order valence-corrected chi connectivity index (χ2v) is 16.3. The number of carbonyl (C=O) groups is 2. The zero-order valence-electron chi connectivity index (χ0n) is 47.3. The Balaban J connectivity index is 5.33. The molecule has 0 aliphatic heterocycles. The molecule has 0 aliphatic carbocycles. The van der Waals surface area contributed by atoms with Crippen molar-refractivity contribution < 1.29 is 59.9 Å². The average Bonchev–Trinajstić information content (AvgIpc) is 3.19. The summed E-state index contributed by atoms with van der Waals surface area (Å²) in [5.74, 6) is -1.39. The number of ether oxygens (including phenoxy) is 2. The first-order chi connectivity index (χ1) is 31.2. The molecule has 0 heterocycles. The number of carbonyl (C=O) groups excluding carboxylic acids is 2. The van der Waals surface area contributed by atoms with Crippen LogP contribution in [0.3, 0.4) is 0 Å². The molecule has 0 aromatic rings. The molecular formula is C44H89NO8P+. The van der Waals surface area contributed by atoms with Crippen molar-refractivity contribution in [2.24, 2.45) is 0 Å². The highest BCUT2D eigenvalue weighted by atomic mass is 31.2. The molecule has 2 atom stereocenters. The van der Waals surface area contributed by atoms with Crippen LogP contribution in [-0.4, -0.2) is 74.6 Å². The Bertz CT molecular complexity index is 1320. The lowest BCUT2D eigenvalue weighted by Gasteiger charge is -2.24. The van der Waals surface area contributed by atoms with Gasteiger partial charge in [0.15, 0.2) is 6.10 Å². The van der Waals surface area contributed by atoms with E-state index in [4.69, 9.17) is 31.8 Å². The van der Waals surface area contributed by atoms with Crippen LogP contribution in [0, 0.1) is 0 Å². The summed E-state index contributed by atoms with van der Waals surface area (Å²) >= 11 is 0. The number of unbranched alkanes of at least 4 members (excludes halogenated alkanes) is 28. The second-order valence-electron chi connectivity index (χ2n) is 14.9. The van der Waals surface area contributed by atoms with E-state index in [1.165, 1.54) is 122 Å². The SMILES string of the molecule is [2H]C([2H])(OP(=O)(O)OC[C@H](COC(=O)CCCCCCCCCCCCCCCCC)OC(=O)CCCCCCCCCCCCCCCCC)C([2H])([2H])[N+](C([2H])([2H])[2H])(C([2H])([2H])[2H])C([2H])([2H])[2H]. The van der Waals surface area contributed by atoms with Gasteiger partial charge in [-0.05, 0) is 12.8 Å². The van der Waals surface area contributed by atoms with Crippen molar-refractivity contribution >= 4 is 19.8 Å². The summed E-state index contributed by atoms with van der Waals surface area (Å²) in [5, 5.41) is 0. The van der Waals surface area contributed by atoms with Gasteiger partial charge in [0.25, 0.3) is 0 Å². The van der Waals surface area contributed by atoms with Crippen LogP contribution in [0.4, 0.5) is 0 Å². The molecule has 10 heteroatoms. The third-order valence-electron chi connectivity index (χ3n) is 9.50. The number of rotatable bonds is 42. The molecule has 0 spiro atoms. The topological polar surface area (TPSA) is 108 Å². The summed E-state index contributed by atoms with van der Waals surface area (Å²) < 4.78 is 132. The molecule has 0 bridgehead atoms. The first kappa shape index (κ1) is 33.9. The van der Waals surface area contributed by atoms with Crippen molar-refractivity contribution in [1.29, 1.82) is 0 Å². The molecule has 0 saturated carbocycles. The van der Waals surface area contributed by atoms with Crippen molar-refractivity contribution in [3.8, 4) is 0 Å². The van der Waals surface area contributed by atoms with Crippen LogP contribution in [0.15, 0.2) is 0 Å². The number of hydrogen-bond acceptors (Lipinski definition) is 7. The van der Waals surface area contributed by atoms with Gasteiger partial charge in [-0.1, -0.05) is 194 Å². The first-order valence-corrected chi connectivity index (χ1v) is 23.2. The van der Waals surface area contributed by atoms with Crippen LogP contribution in [0.1, 0.15) is 237 Å². The van der Waals surface area contributed by atoms with Crippen LogP contribution >= 0.6 is 7.82 Å². The van der Waals surface area contributed by atoms with Gasteiger partial charge in [0.05, 0.1) is 45.4 Å². The van der Waals surface area contributed by atoms with Crippen molar-refractivity contribution in [3.05, 3.63) is 0 Å². The summed E-state index contributed by atoms with van der Waals surface area (Å²) in [6, 6.07) is 0. The predicted octanol–water partition coefficient (Wildman–Crippen LogP) is 12.8. The highest BCUT2D eigenvalue weighted by Gasteiger charge is 2.27. The fraction of sp³-hybridized carbons (Fsp3) is 0.955. The molecular weight excluding hydrogens is 701 g/mol. The maximum absolute atomic E-state index is 13.1. The molecule has 0 aromatic heterocycles. The second kappa shape index (κ2) is 37.6. The van der Waals surface area contributed by atoms with E-state index >= 15 is 0 Å². The average molecular weight is 804 g/mol. The number of quaternary nitrogens is 1. The summed E-state index contributed by atoms with van der Waals surface area (Å²) in [6.45, 7) is -19.2. The molecule has 0 aliphatic rings. The lowest BCUT2D eigenvalue weighted by molar-refractivity contribution is -0.870. The van der Waals surface area contributed by atoms with Gasteiger partial charge in [0.2, 0.25) is 0 Å². The molecule has 1 N–H and O–H groups in total. The fourth-order valence-corrected chi connectivity index (χ4v) is 6.81. The van der Waals surface area contributed by atoms with Gasteiger partial charge in [-0.2, -0.15) is 0 Å². The Morgan fingerprint density at radius 1 is 0.556 bits per heavy atom. The lowest BCUT2D eigenvalue weighted by atomic mass is 10.0. The van der Waals surface area contributed by atoms with Crippen molar-refractivity contribution in [2.75, 3.05) is 47.2 Å². The van der Waals surface area contributed by atoms with Gasteiger partial charge in [0, 0.05) is 12.8 Å². The number of hydrogen-bond donors (Lipinski definition) is 1. The standard InChI is InChI=1S/C44H88NO8P/c1-6-8-10-12-14-16-18-20-22-24-26-28-30-32-34-36-43(46)50-40-42(41-52-54(48,49)51-39-38-45(3,4)5)53-44(47)37-35-33-31-29-27-25-23-21-19-17-15-13-11-9-7-2/h42H,6-41H2,1-5H3/p+1/t42-/m0/s1/i3D3,4D3,5D3,38D2,39D2. The first-order valence-electron chi connectivity index (χ1n) is 28.2. The van der Waals surface area contributed by atoms with E-state index < -0.39 is 77.5 Å². The van der Waals surface area contributed by atoms with Crippen molar-refractivity contribution in [2.45, 2.75) is 225 Å². The molecule has 0 radical (unpaired) electrons. The van der Waals surface area contributed by atoms with Crippen LogP contribution in [0.25, 0.3) is 0 Å². The van der Waals surface area contributed by atoms with Gasteiger partial charge < -0.3 is 18.9 Å². The van der Waals surface area contributed by atoms with Crippen molar-refractivity contribution in [3.63, 3.8) is 0 Å². The summed E-state index contributed by atoms with van der Waals surface area (Å²) in [4.78, 5) is 36.1.